The average Bonchev–Trinajstić information content (AvgIpc) is 2.93. The van der Waals surface area contributed by atoms with Crippen LogP contribution in [-0.2, 0) is 4.74 Å². The molecular weight excluding hydrogens is 298 g/mol. The Kier molecular flexibility index (Phi) is 4.86. The summed E-state index contributed by atoms with van der Waals surface area (Å²) in [7, 11) is 0. The number of carbonyl (C=O) groups is 1. The summed E-state index contributed by atoms with van der Waals surface area (Å²) in [6.45, 7) is 2.32. The molecule has 1 N–H and O–H groups in total. The first-order valence-electron chi connectivity index (χ1n) is 8.29. The standard InChI is InChI=1S/C21H21NO2/c1-3-9-15(4-2)22-21(23)24-14-20-18-12-7-5-10-16(18)17-11-6-8-13-19(17)20/h1,5-8,10-13,15,20H,4,9,14H2,2H3,(H,22,23). The molecular formula is C21H21NO2. The predicted molar refractivity (Wildman–Crippen MR) is 95.7 cm³/mol. The summed E-state index contributed by atoms with van der Waals surface area (Å²) in [6, 6.07) is 16.5. The number of ether oxygens (including phenoxy) is 1. The Labute approximate surface area is 143 Å². The van der Waals surface area contributed by atoms with E-state index in [9.17, 15) is 4.79 Å². The number of terminal acetylenes is 1. The minimum absolute atomic E-state index is 0.0364. The van der Waals surface area contributed by atoms with Crippen LogP contribution in [0, 0.1) is 12.3 Å². The summed E-state index contributed by atoms with van der Waals surface area (Å²) in [4.78, 5) is 12.1. The normalized spacial score (nSPS) is 13.5. The van der Waals surface area contributed by atoms with Gasteiger partial charge < -0.3 is 10.1 Å². The van der Waals surface area contributed by atoms with Crippen molar-refractivity contribution in [2.24, 2.45) is 0 Å². The number of hydrogen-bond donors (Lipinski definition) is 1. The van der Waals surface area contributed by atoms with Gasteiger partial charge in [-0.15, -0.1) is 12.3 Å². The van der Waals surface area contributed by atoms with Crippen LogP contribution in [-0.4, -0.2) is 18.7 Å². The van der Waals surface area contributed by atoms with Gasteiger partial charge in [0, 0.05) is 18.4 Å². The van der Waals surface area contributed by atoms with Crippen molar-refractivity contribution < 1.29 is 9.53 Å². The Morgan fingerprint density at radius 3 is 2.29 bits per heavy atom. The molecule has 3 heteroatoms. The summed E-state index contributed by atoms with van der Waals surface area (Å²) < 4.78 is 5.50. The van der Waals surface area contributed by atoms with E-state index >= 15 is 0 Å². The molecule has 0 aromatic heterocycles. The largest absolute Gasteiger partial charge is 0.449 e. The fraction of sp³-hybridized carbons (Fsp3) is 0.286. The maximum Gasteiger partial charge on any atom is 0.407 e. The average molecular weight is 319 g/mol. The van der Waals surface area contributed by atoms with E-state index < -0.39 is 6.09 Å². The first kappa shape index (κ1) is 16.1. The van der Waals surface area contributed by atoms with Gasteiger partial charge in [-0.2, -0.15) is 0 Å². The van der Waals surface area contributed by atoms with Gasteiger partial charge in [0.2, 0.25) is 0 Å². The van der Waals surface area contributed by atoms with E-state index in [1.165, 1.54) is 22.3 Å². The topological polar surface area (TPSA) is 38.3 Å². The highest BCUT2D eigenvalue weighted by Gasteiger charge is 2.29. The van der Waals surface area contributed by atoms with Crippen molar-refractivity contribution in [1.82, 2.24) is 5.32 Å². The maximum absolute atomic E-state index is 12.1. The highest BCUT2D eigenvalue weighted by Crippen LogP contribution is 2.44. The van der Waals surface area contributed by atoms with Crippen molar-refractivity contribution in [1.29, 1.82) is 0 Å². The smallest absolute Gasteiger partial charge is 0.407 e. The molecule has 0 aliphatic heterocycles. The van der Waals surface area contributed by atoms with E-state index in [1.54, 1.807) is 0 Å². The number of alkyl carbamates (subject to hydrolysis) is 1. The van der Waals surface area contributed by atoms with Crippen molar-refractivity contribution in [3.05, 3.63) is 59.7 Å². The van der Waals surface area contributed by atoms with E-state index in [0.29, 0.717) is 13.0 Å². The fourth-order valence-corrected chi connectivity index (χ4v) is 3.25. The maximum atomic E-state index is 12.1. The molecule has 0 heterocycles. The van der Waals surface area contributed by atoms with Crippen molar-refractivity contribution in [2.45, 2.75) is 31.7 Å². The fourth-order valence-electron chi connectivity index (χ4n) is 3.25. The molecule has 3 nitrogen and oxygen atoms in total. The zero-order valence-corrected chi connectivity index (χ0v) is 13.8. The Morgan fingerprint density at radius 2 is 1.75 bits per heavy atom. The van der Waals surface area contributed by atoms with Crippen LogP contribution in [0.2, 0.25) is 0 Å². The van der Waals surface area contributed by atoms with Crippen molar-refractivity contribution in [2.75, 3.05) is 6.61 Å². The molecule has 1 unspecified atom stereocenters. The van der Waals surface area contributed by atoms with Gasteiger partial charge in [0.1, 0.15) is 6.61 Å². The lowest BCUT2D eigenvalue weighted by atomic mass is 9.98. The Bertz CT molecular complexity index is 730. The van der Waals surface area contributed by atoms with Gasteiger partial charge in [0.15, 0.2) is 0 Å². The first-order chi connectivity index (χ1) is 11.7. The molecule has 0 bridgehead atoms. The van der Waals surface area contributed by atoms with Crippen LogP contribution in [0.1, 0.15) is 36.8 Å². The molecule has 1 aliphatic rings. The first-order valence-corrected chi connectivity index (χ1v) is 8.29. The Morgan fingerprint density at radius 1 is 1.17 bits per heavy atom. The van der Waals surface area contributed by atoms with Crippen LogP contribution in [0.4, 0.5) is 4.79 Å². The van der Waals surface area contributed by atoms with Gasteiger partial charge in [-0.25, -0.2) is 4.79 Å². The second-order valence-electron chi connectivity index (χ2n) is 5.98. The Hall–Kier alpha value is -2.73. The molecule has 1 amide bonds. The van der Waals surface area contributed by atoms with Crippen molar-refractivity contribution in [3.8, 4) is 23.5 Å². The highest BCUT2D eigenvalue weighted by atomic mass is 16.5. The molecule has 0 spiro atoms. The van der Waals surface area contributed by atoms with Crippen LogP contribution >= 0.6 is 0 Å². The molecule has 1 atom stereocenters. The lowest BCUT2D eigenvalue weighted by Crippen LogP contribution is -2.35. The van der Waals surface area contributed by atoms with Crippen LogP contribution < -0.4 is 5.32 Å². The molecule has 2 aromatic rings. The van der Waals surface area contributed by atoms with Gasteiger partial charge in [-0.1, -0.05) is 55.5 Å². The SMILES string of the molecule is C#CCC(CC)NC(=O)OCC1c2ccccc2-c2ccccc21. The molecule has 3 rings (SSSR count). The predicted octanol–water partition coefficient (Wildman–Crippen LogP) is 4.33. The van der Waals surface area contributed by atoms with E-state index in [4.69, 9.17) is 11.2 Å². The monoisotopic (exact) mass is 319 g/mol. The number of nitrogens with one attached hydrogen (secondary N) is 1. The third-order valence-electron chi connectivity index (χ3n) is 4.52. The minimum atomic E-state index is -0.404. The van der Waals surface area contributed by atoms with Crippen LogP contribution in [0.5, 0.6) is 0 Å². The molecule has 0 saturated heterocycles. The van der Waals surface area contributed by atoms with Crippen LogP contribution in [0.15, 0.2) is 48.5 Å². The van der Waals surface area contributed by atoms with Gasteiger partial charge >= 0.3 is 6.09 Å². The third-order valence-corrected chi connectivity index (χ3v) is 4.52. The van der Waals surface area contributed by atoms with Crippen LogP contribution in [0.3, 0.4) is 0 Å². The zero-order chi connectivity index (χ0) is 16.9. The molecule has 122 valence electrons. The Balaban J connectivity index is 1.72. The lowest BCUT2D eigenvalue weighted by Gasteiger charge is -2.17. The summed E-state index contributed by atoms with van der Waals surface area (Å²) in [5.74, 6) is 2.66. The molecule has 0 radical (unpaired) electrons. The van der Waals surface area contributed by atoms with Gasteiger partial charge in [0.25, 0.3) is 0 Å². The number of hydrogen-bond acceptors (Lipinski definition) is 2. The molecule has 0 fully saturated rings. The van der Waals surface area contributed by atoms with E-state index in [2.05, 4.69) is 35.5 Å². The quantitative estimate of drug-likeness (QED) is 0.833. The zero-order valence-electron chi connectivity index (χ0n) is 13.8. The number of amides is 1. The van der Waals surface area contributed by atoms with E-state index in [0.717, 1.165) is 6.42 Å². The second kappa shape index (κ2) is 7.23. The van der Waals surface area contributed by atoms with E-state index in [-0.39, 0.29) is 12.0 Å². The van der Waals surface area contributed by atoms with E-state index in [1.807, 2.05) is 31.2 Å². The van der Waals surface area contributed by atoms with Gasteiger partial charge in [-0.3, -0.25) is 0 Å². The summed E-state index contributed by atoms with van der Waals surface area (Å²) in [5, 5.41) is 2.84. The number of benzene rings is 2. The van der Waals surface area contributed by atoms with Gasteiger partial charge in [0.05, 0.1) is 0 Å². The molecule has 2 aromatic carbocycles. The number of fused-ring (bicyclic) bond motifs is 3. The minimum Gasteiger partial charge on any atom is -0.449 e. The summed E-state index contributed by atoms with van der Waals surface area (Å²) >= 11 is 0. The number of rotatable bonds is 5. The van der Waals surface area contributed by atoms with Crippen molar-refractivity contribution in [3.63, 3.8) is 0 Å². The lowest BCUT2D eigenvalue weighted by molar-refractivity contribution is 0.139. The summed E-state index contributed by atoms with van der Waals surface area (Å²) in [5.41, 5.74) is 4.87. The molecule has 24 heavy (non-hydrogen) atoms. The van der Waals surface area contributed by atoms with Gasteiger partial charge in [-0.05, 0) is 28.7 Å². The van der Waals surface area contributed by atoms with Crippen LogP contribution in [0.25, 0.3) is 11.1 Å². The molecule has 0 saturated carbocycles. The van der Waals surface area contributed by atoms with Crippen molar-refractivity contribution >= 4 is 6.09 Å². The third kappa shape index (κ3) is 3.14. The second-order valence-corrected chi connectivity index (χ2v) is 5.98. The molecule has 1 aliphatic carbocycles. The summed E-state index contributed by atoms with van der Waals surface area (Å²) in [6.07, 6.45) is 6.22. The highest BCUT2D eigenvalue weighted by molar-refractivity contribution is 5.79. The number of carbonyl (C=O) groups excluding carboxylic acids is 1.